The van der Waals surface area contributed by atoms with Gasteiger partial charge in [0.15, 0.2) is 0 Å². The molecule has 0 rings (SSSR count). The van der Waals surface area contributed by atoms with E-state index < -0.39 is 44.9 Å². The topological polar surface area (TPSA) is 12.0 Å². The third-order valence-corrected chi connectivity index (χ3v) is 3.54. The van der Waals surface area contributed by atoms with Crippen molar-refractivity contribution in [2.75, 3.05) is 0 Å². The maximum absolute atomic E-state index is 7.82. The van der Waals surface area contributed by atoms with Gasteiger partial charge in [-0.05, 0) is 14.1 Å². The quantitative estimate of drug-likeness (QED) is 0.267. The van der Waals surface area contributed by atoms with Gasteiger partial charge in [-0.15, -0.1) is 0 Å². The van der Waals surface area contributed by atoms with E-state index in [9.17, 15) is 0 Å². The van der Waals surface area contributed by atoms with E-state index in [0.717, 1.165) is 3.43 Å². The first kappa shape index (κ1) is 17.8. The molecule has 0 aromatic rings. The van der Waals surface area contributed by atoms with Crippen molar-refractivity contribution in [3.05, 3.63) is 0 Å². The van der Waals surface area contributed by atoms with E-state index >= 15 is 0 Å². The zero-order valence-electron chi connectivity index (χ0n) is 11.1. The second kappa shape index (κ2) is 9.63. The van der Waals surface area contributed by atoms with Crippen LogP contribution in [0.5, 0.6) is 0 Å². The van der Waals surface area contributed by atoms with Crippen LogP contribution < -0.4 is 3.43 Å². The van der Waals surface area contributed by atoms with Crippen molar-refractivity contribution in [2.24, 2.45) is 0 Å². The van der Waals surface area contributed by atoms with Crippen molar-refractivity contribution in [2.45, 2.75) is 0 Å². The maximum atomic E-state index is 7.82. The van der Waals surface area contributed by atoms with Crippen LogP contribution in [-0.4, -0.2) is 114 Å². The molecule has 0 amide bonds. The average Bonchev–Trinajstić information content (AvgIpc) is 2.25. The highest BCUT2D eigenvalue weighted by molar-refractivity contribution is 14.1. The first-order valence-corrected chi connectivity index (χ1v) is 6.39. The van der Waals surface area contributed by atoms with E-state index in [1.165, 1.54) is 7.06 Å². The molecule has 18 heavy (non-hydrogen) atoms. The number of halogens is 1. The summed E-state index contributed by atoms with van der Waals surface area (Å²) in [5.74, 6) is 0. The highest BCUT2D eigenvalue weighted by Gasteiger charge is 2.41. The minimum absolute atomic E-state index is 0.575. The van der Waals surface area contributed by atoms with E-state index in [1.54, 1.807) is 22.9 Å². The second-order valence-electron chi connectivity index (χ2n) is 4.24. The predicted molar refractivity (Wildman–Crippen MR) is 109 cm³/mol. The van der Waals surface area contributed by atoms with Gasteiger partial charge in [0.25, 0.3) is 0 Å². The van der Waals surface area contributed by atoms with Crippen LogP contribution in [0.4, 0.5) is 0 Å². The summed E-state index contributed by atoms with van der Waals surface area (Å²) in [5.41, 5.74) is 0. The largest absolute Gasteiger partial charge is 0.690 e. The Morgan fingerprint density at radius 3 is 1.56 bits per heavy atom. The Morgan fingerprint density at radius 1 is 0.944 bits per heavy atom. The molecule has 0 aliphatic heterocycles. The monoisotopic (exact) mass is 320 g/mol. The van der Waals surface area contributed by atoms with Crippen molar-refractivity contribution in [1.29, 1.82) is 0 Å². The summed E-state index contributed by atoms with van der Waals surface area (Å²) in [6, 6.07) is 0. The molecule has 0 aliphatic carbocycles. The second-order valence-corrected chi connectivity index (χ2v) is 4.80. The Morgan fingerprint density at radius 2 is 1.33 bits per heavy atom. The Labute approximate surface area is 141 Å². The molecule has 18 radical (unpaired) electrons. The lowest BCUT2D eigenvalue weighted by Gasteiger charge is -2.38. The van der Waals surface area contributed by atoms with Gasteiger partial charge in [0.1, 0.15) is 8.04 Å². The molecule has 0 spiro atoms. The van der Waals surface area contributed by atoms with Crippen molar-refractivity contribution in [3.8, 4) is 0 Å². The minimum Gasteiger partial charge on any atom is -0.690 e. The first-order valence-electron chi connectivity index (χ1n) is 5.87. The van der Waals surface area contributed by atoms with Crippen LogP contribution in [0.2, 0.25) is 1.41 Å². The van der Waals surface area contributed by atoms with E-state index in [4.69, 9.17) is 63.3 Å². The Bertz CT molecular complexity index is 233. The van der Waals surface area contributed by atoms with Gasteiger partial charge in [-0.3, -0.25) is 7.06 Å². The lowest BCUT2D eigenvalue weighted by Crippen LogP contribution is -2.77. The summed E-state index contributed by atoms with van der Waals surface area (Å²) in [5, 5.41) is 0. The maximum Gasteiger partial charge on any atom is 0.129 e. The molecule has 0 aromatic heterocycles. The fourth-order valence-electron chi connectivity index (χ4n) is 1.94. The standard InChI is InChI=1S/B16HIN/c1-9-13(8)15(12(6)7)16(18-17)14(10(2)3)11(4)5/h18H/q-1/i/hT. The Balaban J connectivity index is 5.46. The molecular formula is HB16IN-. The highest BCUT2D eigenvalue weighted by atomic mass is 127. The first-order chi connectivity index (χ1) is 8.64. The summed E-state index contributed by atoms with van der Waals surface area (Å²) in [7, 11) is 46.8. The van der Waals surface area contributed by atoms with Gasteiger partial charge < -0.3 is 11.2 Å². The van der Waals surface area contributed by atoms with Crippen LogP contribution in [0.3, 0.4) is 0 Å². The van der Waals surface area contributed by atoms with Crippen molar-refractivity contribution >= 4 is 137 Å². The molecule has 0 unspecified atom stereocenters. The number of hydrogen-bond donors (Lipinski definition) is 1. The summed E-state index contributed by atoms with van der Waals surface area (Å²) >= 11 is 1.74. The molecule has 0 aliphatic rings. The van der Waals surface area contributed by atoms with Crippen LogP contribution in [0.1, 0.15) is 0 Å². The average molecular weight is 317 g/mol. The molecule has 0 saturated carbocycles. The zero-order chi connectivity index (χ0) is 15.3. The fraction of sp³-hybridized carbons (Fsp3) is 0. The van der Waals surface area contributed by atoms with Gasteiger partial charge in [0, 0.05) is 101 Å². The van der Waals surface area contributed by atoms with Crippen LogP contribution in [0, 0.1) is 0 Å². The van der Waals surface area contributed by atoms with Crippen LogP contribution in [0.25, 0.3) is 0 Å². The van der Waals surface area contributed by atoms with Gasteiger partial charge >= 0.3 is 0 Å². The van der Waals surface area contributed by atoms with Crippen LogP contribution in [0.15, 0.2) is 0 Å². The van der Waals surface area contributed by atoms with E-state index in [1.807, 2.05) is 0 Å². The molecule has 0 heterocycles. The molecule has 1 nitrogen and oxygen atoms in total. The third-order valence-electron chi connectivity index (χ3n) is 2.90. The highest BCUT2D eigenvalue weighted by Crippen LogP contribution is 2.02. The SMILES string of the molecule is [3H]N(I)B(B(B([B])[B])B([B])[B])B(B([B])[B])B([B])[B][B-]. The summed E-state index contributed by atoms with van der Waals surface area (Å²) in [6.45, 7) is -0.643. The molecular weight excluding hydrogens is 314 g/mol. The van der Waals surface area contributed by atoms with E-state index in [0.29, 0.717) is 0 Å². The molecule has 1 N–H and O–H groups in total. The van der Waals surface area contributed by atoms with Crippen LogP contribution >= 0.6 is 22.9 Å². The molecule has 62 valence electrons. The summed E-state index contributed by atoms with van der Waals surface area (Å²) in [4.78, 5) is 0. The van der Waals surface area contributed by atoms with Crippen LogP contribution in [-0.2, 0) is 0 Å². The fourth-order valence-corrected chi connectivity index (χ4v) is 2.68. The van der Waals surface area contributed by atoms with Crippen molar-refractivity contribution in [1.82, 2.24) is 3.43 Å². The van der Waals surface area contributed by atoms with Crippen molar-refractivity contribution < 1.29 is 1.41 Å². The van der Waals surface area contributed by atoms with Gasteiger partial charge in [0.05, 0.1) is 0 Å². The molecule has 0 saturated heterocycles. The molecule has 0 aromatic carbocycles. The predicted octanol–water partition coefficient (Wildman–Crippen LogP) is -5.70. The molecule has 0 bridgehead atoms. The Kier molecular flexibility index (Phi) is 9.51. The number of rotatable bonds is 8. The Hall–Kier alpha value is 1.73. The van der Waals surface area contributed by atoms with Gasteiger partial charge in [0.2, 0.25) is 0 Å². The normalized spacial score (nSPS) is 10.3. The van der Waals surface area contributed by atoms with Crippen molar-refractivity contribution in [3.63, 3.8) is 0 Å². The smallest absolute Gasteiger partial charge is 0.129 e. The molecule has 0 fully saturated rings. The van der Waals surface area contributed by atoms with E-state index in [-0.39, 0.29) is 0 Å². The van der Waals surface area contributed by atoms with Gasteiger partial charge in [-0.25, -0.2) is 0 Å². The third kappa shape index (κ3) is 5.61. The number of hydrogen-bond acceptors (Lipinski definition) is 1. The lowest BCUT2D eigenvalue weighted by atomic mass is 8.49. The molecule has 0 atom stereocenters. The van der Waals surface area contributed by atoms with E-state index in [2.05, 4.69) is 0 Å². The molecule has 18 heteroatoms. The number of nitrogens with one attached hydrogen (secondary N) is 1. The summed E-state index contributed by atoms with van der Waals surface area (Å²) < 4.78 is 8.91. The zero-order valence-corrected chi connectivity index (χ0v) is 12.2. The van der Waals surface area contributed by atoms with Gasteiger partial charge in [-0.1, -0.05) is 0 Å². The summed E-state index contributed by atoms with van der Waals surface area (Å²) in [6.07, 6.45) is -4.37. The van der Waals surface area contributed by atoms with Gasteiger partial charge in [-0.2, -0.15) is 0 Å². The lowest BCUT2D eigenvalue weighted by molar-refractivity contribution is 1.79. The minimum atomic E-state index is -0.848.